The Hall–Kier alpha value is -1.37. The third-order valence-corrected chi connectivity index (χ3v) is 1.74. The van der Waals surface area contributed by atoms with E-state index in [0.717, 1.165) is 0 Å². The summed E-state index contributed by atoms with van der Waals surface area (Å²) in [5, 5.41) is 0. The highest BCUT2D eigenvalue weighted by molar-refractivity contribution is 4.80. The zero-order chi connectivity index (χ0) is 12.0. The van der Waals surface area contributed by atoms with Gasteiger partial charge in [0.25, 0.3) is 0 Å². The van der Waals surface area contributed by atoms with E-state index < -0.39 is 18.5 Å². The lowest BCUT2D eigenvalue weighted by Crippen LogP contribution is -2.23. The van der Waals surface area contributed by atoms with Gasteiger partial charge in [-0.2, -0.15) is 13.2 Å². The number of hydrogen-bond donors (Lipinski definition) is 0. The van der Waals surface area contributed by atoms with E-state index in [1.54, 1.807) is 6.07 Å². The molecule has 4 nitrogen and oxygen atoms in total. The normalized spacial score (nSPS) is 11.7. The van der Waals surface area contributed by atoms with Gasteiger partial charge < -0.3 is 4.74 Å². The molecule has 0 aliphatic heterocycles. The second-order valence-electron chi connectivity index (χ2n) is 3.12. The summed E-state index contributed by atoms with van der Waals surface area (Å²) >= 11 is 0. The van der Waals surface area contributed by atoms with Crippen LogP contribution in [-0.4, -0.2) is 28.9 Å². The van der Waals surface area contributed by atoms with Crippen molar-refractivity contribution in [2.45, 2.75) is 19.1 Å². The summed E-state index contributed by atoms with van der Waals surface area (Å²) in [4.78, 5) is 14.6. The molecule has 0 fully saturated rings. The van der Waals surface area contributed by atoms with Crippen molar-refractivity contribution < 1.29 is 17.9 Å². The predicted molar refractivity (Wildman–Crippen MR) is 50.0 cm³/mol. The third-order valence-electron chi connectivity index (χ3n) is 1.74. The monoisotopic (exact) mass is 236 g/mol. The van der Waals surface area contributed by atoms with Crippen LogP contribution < -0.4 is 5.69 Å². The summed E-state index contributed by atoms with van der Waals surface area (Å²) in [6.45, 7) is -1.000. The SMILES string of the molecule is O=c1ncccn1CCCOCC(F)(F)F. The number of halogens is 3. The summed E-state index contributed by atoms with van der Waals surface area (Å²) in [5.74, 6) is 0. The molecule has 0 N–H and O–H groups in total. The van der Waals surface area contributed by atoms with Crippen molar-refractivity contribution in [1.29, 1.82) is 0 Å². The summed E-state index contributed by atoms with van der Waals surface area (Å²) in [5.41, 5.74) is -0.418. The van der Waals surface area contributed by atoms with E-state index in [1.165, 1.54) is 17.0 Å². The average molecular weight is 236 g/mol. The van der Waals surface area contributed by atoms with Crippen LogP contribution in [0.5, 0.6) is 0 Å². The molecule has 0 saturated heterocycles. The first-order valence-corrected chi connectivity index (χ1v) is 4.65. The van der Waals surface area contributed by atoms with Crippen LogP contribution in [0.4, 0.5) is 13.2 Å². The molecule has 0 saturated carbocycles. The molecule has 0 spiro atoms. The van der Waals surface area contributed by atoms with Crippen molar-refractivity contribution in [2.24, 2.45) is 0 Å². The predicted octanol–water partition coefficient (Wildman–Crippen LogP) is 1.21. The zero-order valence-corrected chi connectivity index (χ0v) is 8.41. The maximum absolute atomic E-state index is 11.7. The van der Waals surface area contributed by atoms with Crippen LogP contribution in [0.1, 0.15) is 6.42 Å². The van der Waals surface area contributed by atoms with E-state index in [9.17, 15) is 18.0 Å². The van der Waals surface area contributed by atoms with Crippen LogP contribution in [0.3, 0.4) is 0 Å². The van der Waals surface area contributed by atoms with Crippen LogP contribution >= 0.6 is 0 Å². The first-order valence-electron chi connectivity index (χ1n) is 4.65. The maximum Gasteiger partial charge on any atom is 0.411 e. The maximum atomic E-state index is 11.7. The molecule has 0 aliphatic rings. The van der Waals surface area contributed by atoms with Crippen LogP contribution in [-0.2, 0) is 11.3 Å². The molecule has 16 heavy (non-hydrogen) atoms. The number of aromatic nitrogens is 2. The lowest BCUT2D eigenvalue weighted by Gasteiger charge is -2.07. The Morgan fingerprint density at radius 3 is 2.81 bits per heavy atom. The Morgan fingerprint density at radius 2 is 2.19 bits per heavy atom. The molecule has 1 rings (SSSR count). The molecule has 1 aromatic heterocycles. The largest absolute Gasteiger partial charge is 0.411 e. The molecule has 0 atom stereocenters. The van der Waals surface area contributed by atoms with Gasteiger partial charge in [-0.3, -0.25) is 4.57 Å². The van der Waals surface area contributed by atoms with E-state index >= 15 is 0 Å². The Balaban J connectivity index is 2.22. The average Bonchev–Trinajstić information content (AvgIpc) is 2.18. The lowest BCUT2D eigenvalue weighted by molar-refractivity contribution is -0.174. The zero-order valence-electron chi connectivity index (χ0n) is 8.41. The van der Waals surface area contributed by atoms with Crippen molar-refractivity contribution in [3.05, 3.63) is 28.9 Å². The topological polar surface area (TPSA) is 44.1 Å². The minimum absolute atomic E-state index is 0.0408. The summed E-state index contributed by atoms with van der Waals surface area (Å²) in [7, 11) is 0. The van der Waals surface area contributed by atoms with Gasteiger partial charge in [0.05, 0.1) is 0 Å². The van der Waals surface area contributed by atoms with Gasteiger partial charge in [0.15, 0.2) is 0 Å². The van der Waals surface area contributed by atoms with Crippen molar-refractivity contribution in [1.82, 2.24) is 9.55 Å². The molecular weight excluding hydrogens is 225 g/mol. The number of alkyl halides is 3. The van der Waals surface area contributed by atoms with Crippen molar-refractivity contribution in [3.8, 4) is 0 Å². The fraction of sp³-hybridized carbons (Fsp3) is 0.556. The Bertz CT molecular complexity index is 376. The van der Waals surface area contributed by atoms with Gasteiger partial charge in [0.2, 0.25) is 0 Å². The highest BCUT2D eigenvalue weighted by atomic mass is 19.4. The number of ether oxygens (including phenoxy) is 1. The number of hydrogen-bond acceptors (Lipinski definition) is 3. The summed E-state index contributed by atoms with van der Waals surface area (Å²) in [6.07, 6.45) is -1.08. The van der Waals surface area contributed by atoms with Gasteiger partial charge in [-0.1, -0.05) is 0 Å². The second kappa shape index (κ2) is 5.64. The summed E-state index contributed by atoms with van der Waals surface area (Å²) < 4.78 is 40.8. The molecule has 0 unspecified atom stereocenters. The Morgan fingerprint density at radius 1 is 1.44 bits per heavy atom. The van der Waals surface area contributed by atoms with Gasteiger partial charge in [-0.15, -0.1) is 0 Å². The van der Waals surface area contributed by atoms with Gasteiger partial charge in [0, 0.05) is 25.5 Å². The number of aryl methyl sites for hydroxylation is 1. The van der Waals surface area contributed by atoms with E-state index in [-0.39, 0.29) is 6.61 Å². The summed E-state index contributed by atoms with van der Waals surface area (Å²) in [6, 6.07) is 1.58. The van der Waals surface area contributed by atoms with Crippen molar-refractivity contribution >= 4 is 0 Å². The highest BCUT2D eigenvalue weighted by Crippen LogP contribution is 2.14. The van der Waals surface area contributed by atoms with Gasteiger partial charge in [-0.05, 0) is 12.5 Å². The molecule has 0 radical (unpaired) electrons. The van der Waals surface area contributed by atoms with E-state index in [2.05, 4.69) is 9.72 Å². The van der Waals surface area contributed by atoms with Gasteiger partial charge in [0.1, 0.15) is 6.61 Å². The van der Waals surface area contributed by atoms with Crippen LogP contribution in [0.2, 0.25) is 0 Å². The number of rotatable bonds is 5. The minimum atomic E-state index is -4.30. The Kier molecular flexibility index (Phi) is 4.48. The number of nitrogens with zero attached hydrogens (tertiary/aromatic N) is 2. The molecule has 1 heterocycles. The third kappa shape index (κ3) is 4.92. The molecule has 7 heteroatoms. The van der Waals surface area contributed by atoms with E-state index in [0.29, 0.717) is 13.0 Å². The van der Waals surface area contributed by atoms with Crippen LogP contribution in [0, 0.1) is 0 Å². The molecule has 0 bridgehead atoms. The van der Waals surface area contributed by atoms with E-state index in [4.69, 9.17) is 0 Å². The quantitative estimate of drug-likeness (QED) is 0.722. The fourth-order valence-corrected chi connectivity index (χ4v) is 1.08. The second-order valence-corrected chi connectivity index (χ2v) is 3.12. The first-order chi connectivity index (χ1) is 7.49. The molecule has 90 valence electrons. The molecule has 0 aliphatic carbocycles. The van der Waals surface area contributed by atoms with Gasteiger partial charge in [-0.25, -0.2) is 9.78 Å². The van der Waals surface area contributed by atoms with E-state index in [1.807, 2.05) is 0 Å². The lowest BCUT2D eigenvalue weighted by atomic mass is 10.4. The molecule has 0 aromatic carbocycles. The molecule has 0 amide bonds. The minimum Gasteiger partial charge on any atom is -0.372 e. The molecular formula is C9H11F3N2O2. The van der Waals surface area contributed by atoms with Crippen molar-refractivity contribution in [2.75, 3.05) is 13.2 Å². The molecule has 1 aromatic rings. The van der Waals surface area contributed by atoms with Crippen LogP contribution in [0.25, 0.3) is 0 Å². The van der Waals surface area contributed by atoms with Crippen LogP contribution in [0.15, 0.2) is 23.3 Å². The first kappa shape index (κ1) is 12.7. The highest BCUT2D eigenvalue weighted by Gasteiger charge is 2.27. The van der Waals surface area contributed by atoms with Crippen molar-refractivity contribution in [3.63, 3.8) is 0 Å². The van der Waals surface area contributed by atoms with Gasteiger partial charge >= 0.3 is 11.9 Å². The fourth-order valence-electron chi connectivity index (χ4n) is 1.08. The Labute approximate surface area is 89.7 Å². The smallest absolute Gasteiger partial charge is 0.372 e. The standard InChI is InChI=1S/C9H11F3N2O2/c10-9(11,12)7-16-6-2-5-14-4-1-3-13-8(14)15/h1,3-4H,2,5-7H2.